The molecular formula is C9H20N2O. The molecule has 0 aromatic heterocycles. The Labute approximate surface area is 74.7 Å². The average molecular weight is 172 g/mol. The topological polar surface area (TPSA) is 55.1 Å². The van der Waals surface area contributed by atoms with Crippen molar-refractivity contribution in [2.45, 2.75) is 33.1 Å². The molecule has 1 unspecified atom stereocenters. The third kappa shape index (κ3) is 5.13. The molecule has 0 saturated carbocycles. The molecule has 0 spiro atoms. The third-order valence-electron chi connectivity index (χ3n) is 1.88. The van der Waals surface area contributed by atoms with Crippen LogP contribution in [0.5, 0.6) is 0 Å². The molecular weight excluding hydrogens is 152 g/mol. The molecule has 1 atom stereocenters. The fraction of sp³-hybridized carbons (Fsp3) is 0.889. The van der Waals surface area contributed by atoms with Gasteiger partial charge in [-0.3, -0.25) is 4.79 Å². The first-order valence-electron chi connectivity index (χ1n) is 4.70. The van der Waals surface area contributed by atoms with Crippen LogP contribution in [0.2, 0.25) is 0 Å². The van der Waals surface area contributed by atoms with Crippen LogP contribution < -0.4 is 11.1 Å². The Hall–Kier alpha value is -0.570. The normalized spacial score (nSPS) is 12.6. The van der Waals surface area contributed by atoms with Crippen LogP contribution in [0.4, 0.5) is 0 Å². The number of unbranched alkanes of at least 4 members (excludes halogenated alkanes) is 2. The van der Waals surface area contributed by atoms with Crippen LogP contribution in [0.3, 0.4) is 0 Å². The second-order valence-electron chi connectivity index (χ2n) is 3.13. The maximum Gasteiger partial charge on any atom is 0.224 e. The minimum atomic E-state index is -0.0494. The molecule has 3 nitrogen and oxygen atoms in total. The van der Waals surface area contributed by atoms with E-state index in [-0.39, 0.29) is 11.8 Å². The van der Waals surface area contributed by atoms with Crippen LogP contribution in [-0.2, 0) is 4.79 Å². The Bertz CT molecular complexity index is 126. The van der Waals surface area contributed by atoms with Gasteiger partial charge in [0.25, 0.3) is 0 Å². The summed E-state index contributed by atoms with van der Waals surface area (Å²) in [5.74, 6) is 0.0280. The number of nitrogens with one attached hydrogen (secondary N) is 1. The van der Waals surface area contributed by atoms with Crippen LogP contribution in [0.25, 0.3) is 0 Å². The highest BCUT2D eigenvalue weighted by Gasteiger charge is 2.08. The summed E-state index contributed by atoms with van der Waals surface area (Å²) >= 11 is 0. The quantitative estimate of drug-likeness (QED) is 0.584. The third-order valence-corrected chi connectivity index (χ3v) is 1.88. The van der Waals surface area contributed by atoms with E-state index >= 15 is 0 Å². The number of carbonyl (C=O) groups is 1. The monoisotopic (exact) mass is 172 g/mol. The molecule has 3 heteroatoms. The van der Waals surface area contributed by atoms with Crippen molar-refractivity contribution in [2.24, 2.45) is 11.7 Å². The Morgan fingerprint density at radius 2 is 2.17 bits per heavy atom. The molecule has 0 heterocycles. The van der Waals surface area contributed by atoms with Gasteiger partial charge in [-0.05, 0) is 6.42 Å². The van der Waals surface area contributed by atoms with Gasteiger partial charge < -0.3 is 11.1 Å². The van der Waals surface area contributed by atoms with E-state index < -0.39 is 0 Å². The highest BCUT2D eigenvalue weighted by Crippen LogP contribution is 1.93. The average Bonchev–Trinajstić information content (AvgIpc) is 2.10. The molecule has 0 aromatic rings. The first-order chi connectivity index (χ1) is 5.72. The molecule has 0 aliphatic rings. The maximum absolute atomic E-state index is 11.1. The van der Waals surface area contributed by atoms with Gasteiger partial charge in [-0.1, -0.05) is 26.7 Å². The summed E-state index contributed by atoms with van der Waals surface area (Å²) in [5.41, 5.74) is 5.34. The zero-order valence-corrected chi connectivity index (χ0v) is 8.10. The van der Waals surface area contributed by atoms with Gasteiger partial charge in [0.1, 0.15) is 0 Å². The minimum absolute atomic E-state index is 0.0494. The first-order valence-corrected chi connectivity index (χ1v) is 4.70. The molecule has 0 fully saturated rings. The summed E-state index contributed by atoms with van der Waals surface area (Å²) in [5, 5.41) is 2.85. The van der Waals surface area contributed by atoms with Gasteiger partial charge in [0, 0.05) is 19.0 Å². The molecule has 0 radical (unpaired) electrons. The van der Waals surface area contributed by atoms with E-state index in [0.717, 1.165) is 13.0 Å². The van der Waals surface area contributed by atoms with Crippen molar-refractivity contribution in [3.05, 3.63) is 0 Å². The van der Waals surface area contributed by atoms with Gasteiger partial charge in [-0.15, -0.1) is 0 Å². The van der Waals surface area contributed by atoms with Gasteiger partial charge in [0.05, 0.1) is 0 Å². The van der Waals surface area contributed by atoms with E-state index in [1.807, 2.05) is 6.92 Å². The lowest BCUT2D eigenvalue weighted by atomic mass is 10.1. The zero-order chi connectivity index (χ0) is 9.40. The van der Waals surface area contributed by atoms with E-state index in [1.54, 1.807) is 0 Å². The standard InChI is InChI=1S/C9H20N2O/c1-3-4-5-6-11-9(12)8(2)7-10/h8H,3-7,10H2,1-2H3,(H,11,12). The zero-order valence-electron chi connectivity index (χ0n) is 8.10. The van der Waals surface area contributed by atoms with E-state index in [4.69, 9.17) is 5.73 Å². The molecule has 0 saturated heterocycles. The van der Waals surface area contributed by atoms with E-state index in [2.05, 4.69) is 12.2 Å². The molecule has 3 N–H and O–H groups in total. The number of rotatable bonds is 6. The smallest absolute Gasteiger partial charge is 0.224 e. The van der Waals surface area contributed by atoms with E-state index in [0.29, 0.717) is 6.54 Å². The summed E-state index contributed by atoms with van der Waals surface area (Å²) in [4.78, 5) is 11.1. The molecule has 12 heavy (non-hydrogen) atoms. The van der Waals surface area contributed by atoms with Crippen molar-refractivity contribution in [3.8, 4) is 0 Å². The number of nitrogens with two attached hydrogens (primary N) is 1. The van der Waals surface area contributed by atoms with Crippen LogP contribution in [0.15, 0.2) is 0 Å². The maximum atomic E-state index is 11.1. The lowest BCUT2D eigenvalue weighted by Gasteiger charge is -2.08. The Morgan fingerprint density at radius 1 is 1.50 bits per heavy atom. The molecule has 1 amide bonds. The number of carbonyl (C=O) groups excluding carboxylic acids is 1. The largest absolute Gasteiger partial charge is 0.356 e. The Balaban J connectivity index is 3.31. The predicted octanol–water partition coefficient (Wildman–Crippen LogP) is 0.888. The molecule has 0 bridgehead atoms. The molecule has 0 aliphatic heterocycles. The predicted molar refractivity (Wildman–Crippen MR) is 50.8 cm³/mol. The van der Waals surface area contributed by atoms with Crippen LogP contribution in [0.1, 0.15) is 33.1 Å². The van der Waals surface area contributed by atoms with Crippen molar-refractivity contribution in [1.82, 2.24) is 5.32 Å². The first kappa shape index (κ1) is 11.4. The summed E-state index contributed by atoms with van der Waals surface area (Å²) in [6.07, 6.45) is 3.43. The number of hydrogen-bond donors (Lipinski definition) is 2. The van der Waals surface area contributed by atoms with Crippen molar-refractivity contribution in [2.75, 3.05) is 13.1 Å². The molecule has 0 aromatic carbocycles. The molecule has 0 rings (SSSR count). The summed E-state index contributed by atoms with van der Waals surface area (Å²) in [7, 11) is 0. The van der Waals surface area contributed by atoms with Gasteiger partial charge in [-0.25, -0.2) is 0 Å². The Kier molecular flexibility index (Phi) is 6.76. The summed E-state index contributed by atoms with van der Waals surface area (Å²) < 4.78 is 0. The summed E-state index contributed by atoms with van der Waals surface area (Å²) in [6, 6.07) is 0. The van der Waals surface area contributed by atoms with Gasteiger partial charge >= 0.3 is 0 Å². The Morgan fingerprint density at radius 3 is 2.67 bits per heavy atom. The fourth-order valence-corrected chi connectivity index (χ4v) is 0.868. The van der Waals surface area contributed by atoms with E-state index in [1.165, 1.54) is 12.8 Å². The highest BCUT2D eigenvalue weighted by molar-refractivity contribution is 5.78. The second-order valence-corrected chi connectivity index (χ2v) is 3.13. The van der Waals surface area contributed by atoms with E-state index in [9.17, 15) is 4.79 Å². The number of hydrogen-bond acceptors (Lipinski definition) is 2. The van der Waals surface area contributed by atoms with Crippen molar-refractivity contribution < 1.29 is 4.79 Å². The van der Waals surface area contributed by atoms with Crippen LogP contribution in [0, 0.1) is 5.92 Å². The van der Waals surface area contributed by atoms with Gasteiger partial charge in [0.15, 0.2) is 0 Å². The van der Waals surface area contributed by atoms with Crippen LogP contribution in [-0.4, -0.2) is 19.0 Å². The van der Waals surface area contributed by atoms with Crippen LogP contribution >= 0.6 is 0 Å². The van der Waals surface area contributed by atoms with Crippen molar-refractivity contribution in [3.63, 3.8) is 0 Å². The van der Waals surface area contributed by atoms with Gasteiger partial charge in [0.2, 0.25) is 5.91 Å². The lowest BCUT2D eigenvalue weighted by Crippen LogP contribution is -2.33. The second kappa shape index (κ2) is 7.10. The van der Waals surface area contributed by atoms with Crippen molar-refractivity contribution in [1.29, 1.82) is 0 Å². The summed E-state index contributed by atoms with van der Waals surface area (Å²) in [6.45, 7) is 5.20. The highest BCUT2D eigenvalue weighted by atomic mass is 16.1. The van der Waals surface area contributed by atoms with Crippen molar-refractivity contribution >= 4 is 5.91 Å². The molecule has 0 aliphatic carbocycles. The van der Waals surface area contributed by atoms with Gasteiger partial charge in [-0.2, -0.15) is 0 Å². The number of amides is 1. The fourth-order valence-electron chi connectivity index (χ4n) is 0.868. The molecule has 72 valence electrons. The SMILES string of the molecule is CCCCCNC(=O)C(C)CN. The lowest BCUT2D eigenvalue weighted by molar-refractivity contribution is -0.124. The minimum Gasteiger partial charge on any atom is -0.356 e.